The van der Waals surface area contributed by atoms with Gasteiger partial charge in [-0.3, -0.25) is 9.55 Å². The van der Waals surface area contributed by atoms with Gasteiger partial charge in [-0.05, 0) is 131 Å². The molecule has 0 amide bonds. The van der Waals surface area contributed by atoms with Gasteiger partial charge in [0, 0.05) is 28.4 Å². The van der Waals surface area contributed by atoms with Crippen LogP contribution in [0.1, 0.15) is 54.2 Å². The van der Waals surface area contributed by atoms with Crippen LogP contribution in [0.15, 0.2) is 121 Å². The number of hydrogen-bond donors (Lipinski definition) is 1. The molecule has 9 rings (SSSR count). The van der Waals surface area contributed by atoms with Gasteiger partial charge in [-0.15, -0.1) is 0 Å². The molecule has 0 fully saturated rings. The molecule has 1 aliphatic carbocycles. The van der Waals surface area contributed by atoms with Crippen LogP contribution in [-0.2, 0) is 11.8 Å². The summed E-state index contributed by atoms with van der Waals surface area (Å²) >= 11 is 0. The Kier molecular flexibility index (Phi) is 7.24. The lowest BCUT2D eigenvalue weighted by Gasteiger charge is -2.26. The first-order valence-corrected chi connectivity index (χ1v) is 18.1. The van der Waals surface area contributed by atoms with Crippen LogP contribution in [0.3, 0.4) is 0 Å². The van der Waals surface area contributed by atoms with E-state index in [4.69, 9.17) is 9.97 Å². The van der Waals surface area contributed by atoms with Gasteiger partial charge >= 0.3 is 0 Å². The van der Waals surface area contributed by atoms with Crippen molar-refractivity contribution in [2.45, 2.75) is 53.4 Å². The Morgan fingerprint density at radius 3 is 2.12 bits per heavy atom. The lowest BCUT2D eigenvalue weighted by molar-refractivity contribution is 0.477. The number of aromatic nitrogens is 3. The Hall–Kier alpha value is -6.00. The number of aromatic hydroxyl groups is 1. The highest BCUT2D eigenvalue weighted by molar-refractivity contribution is 6.08. The molecule has 52 heavy (non-hydrogen) atoms. The highest BCUT2D eigenvalue weighted by Crippen LogP contribution is 2.46. The second-order valence-corrected chi connectivity index (χ2v) is 15.4. The molecule has 1 N–H and O–H groups in total. The first kappa shape index (κ1) is 31.9. The molecule has 4 nitrogen and oxygen atoms in total. The first-order valence-electron chi connectivity index (χ1n) is 18.1. The van der Waals surface area contributed by atoms with Crippen molar-refractivity contribution in [1.29, 1.82) is 0 Å². The zero-order chi connectivity index (χ0) is 35.9. The number of nitrogens with zero attached hydrogens (tertiary/aromatic N) is 3. The van der Waals surface area contributed by atoms with Gasteiger partial charge in [0.2, 0.25) is 0 Å². The smallest absolute Gasteiger partial charge is 0.149 e. The van der Waals surface area contributed by atoms with Crippen LogP contribution in [-0.4, -0.2) is 19.6 Å². The van der Waals surface area contributed by atoms with Crippen molar-refractivity contribution in [2.24, 2.45) is 0 Å². The minimum atomic E-state index is 0.0368. The molecular formula is C48H41N3O. The molecule has 8 aromatic rings. The highest BCUT2D eigenvalue weighted by Gasteiger charge is 2.25. The van der Waals surface area contributed by atoms with E-state index >= 15 is 0 Å². The standard InChI is InChI=1S/C48H41N3O/c1-28-23-29(2)42-34(24-28)27-33-21-22-49-46-39(25-30(3)43(42)44(33)46)32-12-9-11-31(26-32)37-14-10-15-40-45(37)50-47(38-13-7-8-16-41(38)52)51(40)36-19-17-35(18-20-36)48(4,5)6/h7-26,52H,27H2,1-6H3. The second kappa shape index (κ2) is 11.8. The zero-order valence-corrected chi connectivity index (χ0v) is 30.5. The average Bonchev–Trinajstić information content (AvgIpc) is 3.52. The summed E-state index contributed by atoms with van der Waals surface area (Å²) in [6, 6.07) is 40.5. The molecule has 0 bridgehead atoms. The zero-order valence-electron chi connectivity index (χ0n) is 30.5. The fourth-order valence-electron chi connectivity index (χ4n) is 8.39. The van der Waals surface area contributed by atoms with Crippen LogP contribution >= 0.6 is 0 Å². The van der Waals surface area contributed by atoms with Crippen LogP contribution in [0.2, 0.25) is 0 Å². The molecule has 2 heterocycles. The van der Waals surface area contributed by atoms with Gasteiger partial charge in [-0.25, -0.2) is 4.98 Å². The van der Waals surface area contributed by atoms with Gasteiger partial charge in [-0.2, -0.15) is 0 Å². The van der Waals surface area contributed by atoms with E-state index < -0.39 is 0 Å². The molecule has 4 heteroatoms. The maximum atomic E-state index is 11.1. The summed E-state index contributed by atoms with van der Waals surface area (Å²) in [5.41, 5.74) is 19.6. The number of fused-ring (bicyclic) bond motifs is 3. The number of pyridine rings is 1. The molecule has 1 aliphatic rings. The minimum Gasteiger partial charge on any atom is -0.507 e. The first-order chi connectivity index (χ1) is 25.1. The summed E-state index contributed by atoms with van der Waals surface area (Å²) in [4.78, 5) is 10.3. The number of phenolic OH excluding ortho intramolecular Hbond substituents is 1. The third-order valence-electron chi connectivity index (χ3n) is 10.8. The molecule has 0 unspecified atom stereocenters. The molecule has 2 aromatic heterocycles. The topological polar surface area (TPSA) is 50.9 Å². The SMILES string of the molecule is Cc1cc(C)c2c(c1)Cc1ccnc3c(-c4cccc(-c5cccc6c5nc(-c5ccccc5O)n6-c5ccc(C(C)(C)C)cc5)c4)cc(C)c-2c13. The molecule has 6 aromatic carbocycles. The quantitative estimate of drug-likeness (QED) is 0.202. The molecule has 0 aliphatic heterocycles. The van der Waals surface area contributed by atoms with Crippen LogP contribution < -0.4 is 0 Å². The monoisotopic (exact) mass is 675 g/mol. The summed E-state index contributed by atoms with van der Waals surface area (Å²) in [7, 11) is 0. The molecule has 254 valence electrons. The number of rotatable bonds is 4. The van der Waals surface area contributed by atoms with Gasteiger partial charge in [0.25, 0.3) is 0 Å². The van der Waals surface area contributed by atoms with Crippen molar-refractivity contribution in [3.8, 4) is 56.2 Å². The van der Waals surface area contributed by atoms with Crippen LogP contribution in [0.25, 0.3) is 72.4 Å². The van der Waals surface area contributed by atoms with E-state index in [-0.39, 0.29) is 11.2 Å². The summed E-state index contributed by atoms with van der Waals surface area (Å²) < 4.78 is 2.17. The van der Waals surface area contributed by atoms with E-state index in [0.29, 0.717) is 11.4 Å². The van der Waals surface area contributed by atoms with E-state index in [2.05, 4.69) is 137 Å². The van der Waals surface area contributed by atoms with Crippen LogP contribution in [0.4, 0.5) is 0 Å². The summed E-state index contributed by atoms with van der Waals surface area (Å²) in [5, 5.41) is 12.3. The molecule has 0 atom stereocenters. The van der Waals surface area contributed by atoms with E-state index in [0.717, 1.165) is 50.9 Å². The van der Waals surface area contributed by atoms with E-state index in [1.807, 2.05) is 24.4 Å². The third kappa shape index (κ3) is 5.04. The van der Waals surface area contributed by atoms with E-state index in [1.54, 1.807) is 6.07 Å². The Morgan fingerprint density at radius 2 is 1.35 bits per heavy atom. The molecule has 0 saturated heterocycles. The number of benzene rings is 6. The van der Waals surface area contributed by atoms with E-state index in [9.17, 15) is 5.11 Å². The van der Waals surface area contributed by atoms with Gasteiger partial charge < -0.3 is 5.11 Å². The Balaban J connectivity index is 1.23. The Morgan fingerprint density at radius 1 is 0.635 bits per heavy atom. The van der Waals surface area contributed by atoms with E-state index in [1.165, 1.54) is 49.9 Å². The van der Waals surface area contributed by atoms with Crippen molar-refractivity contribution in [2.75, 3.05) is 0 Å². The minimum absolute atomic E-state index is 0.0368. The number of phenols is 1. The lowest BCUT2D eigenvalue weighted by atomic mass is 9.79. The maximum Gasteiger partial charge on any atom is 0.149 e. The summed E-state index contributed by atoms with van der Waals surface area (Å²) in [5.74, 6) is 0.905. The third-order valence-corrected chi connectivity index (χ3v) is 10.8. The fourth-order valence-corrected chi connectivity index (χ4v) is 8.39. The van der Waals surface area contributed by atoms with Crippen LogP contribution in [0, 0.1) is 20.8 Å². The highest BCUT2D eigenvalue weighted by atomic mass is 16.3. The normalized spacial score (nSPS) is 12.4. The van der Waals surface area contributed by atoms with Gasteiger partial charge in [0.05, 0.1) is 22.1 Å². The predicted molar refractivity (Wildman–Crippen MR) is 215 cm³/mol. The number of para-hydroxylation sites is 2. The van der Waals surface area contributed by atoms with Crippen LogP contribution in [0.5, 0.6) is 5.75 Å². The van der Waals surface area contributed by atoms with Crippen molar-refractivity contribution in [3.05, 3.63) is 155 Å². The second-order valence-electron chi connectivity index (χ2n) is 15.4. The van der Waals surface area contributed by atoms with Crippen molar-refractivity contribution in [3.63, 3.8) is 0 Å². The molecular weight excluding hydrogens is 635 g/mol. The summed E-state index contributed by atoms with van der Waals surface area (Å²) in [6.45, 7) is 13.4. The molecule has 0 spiro atoms. The lowest BCUT2D eigenvalue weighted by Crippen LogP contribution is -2.11. The molecule has 0 saturated carbocycles. The van der Waals surface area contributed by atoms with Gasteiger partial charge in [0.15, 0.2) is 0 Å². The molecule has 0 radical (unpaired) electrons. The largest absolute Gasteiger partial charge is 0.507 e. The maximum absolute atomic E-state index is 11.1. The van der Waals surface area contributed by atoms with Crippen molar-refractivity contribution < 1.29 is 5.11 Å². The van der Waals surface area contributed by atoms with Gasteiger partial charge in [-0.1, -0.05) is 93.1 Å². The van der Waals surface area contributed by atoms with Crippen molar-refractivity contribution in [1.82, 2.24) is 14.5 Å². The predicted octanol–water partition coefficient (Wildman–Crippen LogP) is 12.1. The van der Waals surface area contributed by atoms with Crippen molar-refractivity contribution >= 4 is 21.9 Å². The fraction of sp³-hybridized carbons (Fsp3) is 0.167. The average molecular weight is 676 g/mol. The Labute approximate surface area is 305 Å². The number of aryl methyl sites for hydroxylation is 3. The number of imidazole rings is 1. The van der Waals surface area contributed by atoms with Gasteiger partial charge in [0.1, 0.15) is 11.6 Å². The summed E-state index contributed by atoms with van der Waals surface area (Å²) in [6.07, 6.45) is 2.88. The Bertz CT molecular complexity index is 2730. The number of hydrogen-bond acceptors (Lipinski definition) is 3.